The van der Waals surface area contributed by atoms with E-state index in [2.05, 4.69) is 58.7 Å². The summed E-state index contributed by atoms with van der Waals surface area (Å²) in [6.07, 6.45) is 12.0. The number of carboxylic acids is 1. The third kappa shape index (κ3) is 6.16. The zero-order valence-corrected chi connectivity index (χ0v) is 35.8. The summed E-state index contributed by atoms with van der Waals surface area (Å²) >= 11 is 0. The number of sulfone groups is 1. The molecule has 1 saturated heterocycles. The molecule has 7 aliphatic rings. The summed E-state index contributed by atoms with van der Waals surface area (Å²) < 4.78 is 44.9. The molecule has 1 heterocycles. The van der Waals surface area contributed by atoms with Crippen LogP contribution in [0.2, 0.25) is 0 Å². The largest absolute Gasteiger partial charge is 0.481 e. The van der Waals surface area contributed by atoms with Crippen LogP contribution >= 0.6 is 0 Å². The zero-order valence-electron chi connectivity index (χ0n) is 35.0. The van der Waals surface area contributed by atoms with E-state index in [-0.39, 0.29) is 56.8 Å². The molecule has 0 bridgehead atoms. The lowest BCUT2D eigenvalue weighted by Gasteiger charge is -2.73. The number of ether oxygens (including phenoxy) is 1. The first kappa shape index (κ1) is 40.9. The van der Waals surface area contributed by atoms with Crippen LogP contribution in [0.5, 0.6) is 0 Å². The van der Waals surface area contributed by atoms with E-state index in [1.165, 1.54) is 38.5 Å². The van der Waals surface area contributed by atoms with Gasteiger partial charge in [0, 0.05) is 30.1 Å². The quantitative estimate of drug-likeness (QED) is 0.216. The maximum Gasteiger partial charge on any atom is 0.310 e. The van der Waals surface area contributed by atoms with Crippen molar-refractivity contribution in [3.63, 3.8) is 0 Å². The van der Waals surface area contributed by atoms with Gasteiger partial charge in [-0.2, -0.15) is 0 Å². The zero-order chi connectivity index (χ0) is 39.4. The lowest BCUT2D eigenvalue weighted by atomic mass is 9.32. The SMILES string of the molecule is CC(C)[C@@H]1CC[C@]2(NCC[C@H](CF)N3CCS(=O)(=O)CC3)CC[C@]3(C)[C@H](CC[C@@H]4[C@@]5(C)CC[C@H](OC(=O)[C@H]6[C@@H](C(=O)O)C6(C)C)C(C)(C)[C@@H]5CC[C@]43C)[C@@H]12. The molecule has 0 aromatic carbocycles. The molecule has 6 saturated carbocycles. The minimum atomic E-state index is -3.00. The Morgan fingerprint density at radius 3 is 2.13 bits per heavy atom. The Bertz CT molecular complexity index is 1570. The molecule has 0 aromatic heterocycles. The topological polar surface area (TPSA) is 113 Å². The first-order chi connectivity index (χ1) is 25.1. The third-order valence-corrected chi connectivity index (χ3v) is 20.5. The van der Waals surface area contributed by atoms with E-state index in [9.17, 15) is 27.5 Å². The van der Waals surface area contributed by atoms with Gasteiger partial charge in [0.25, 0.3) is 0 Å². The molecular weight excluding hydrogens is 704 g/mol. The summed E-state index contributed by atoms with van der Waals surface area (Å²) in [5, 5.41) is 13.9. The predicted octanol–water partition coefficient (Wildman–Crippen LogP) is 7.79. The number of halogens is 1. The van der Waals surface area contributed by atoms with Crippen LogP contribution in [0.15, 0.2) is 0 Å². The highest BCUT2D eigenvalue weighted by Crippen LogP contribution is 2.76. The van der Waals surface area contributed by atoms with Crippen molar-refractivity contribution in [3.05, 3.63) is 0 Å². The fraction of sp³-hybridized carbons (Fsp3) is 0.955. The number of carbonyl (C=O) groups is 2. The van der Waals surface area contributed by atoms with Gasteiger partial charge >= 0.3 is 11.9 Å². The lowest BCUT2D eigenvalue weighted by molar-refractivity contribution is -0.247. The smallest absolute Gasteiger partial charge is 0.310 e. The van der Waals surface area contributed by atoms with Crippen LogP contribution in [0, 0.1) is 74.4 Å². The van der Waals surface area contributed by atoms with Crippen LogP contribution in [0.1, 0.15) is 133 Å². The van der Waals surface area contributed by atoms with E-state index >= 15 is 0 Å². The van der Waals surface area contributed by atoms with Crippen molar-refractivity contribution in [2.45, 2.75) is 151 Å². The van der Waals surface area contributed by atoms with E-state index < -0.39 is 39.7 Å². The number of rotatable bonds is 10. The van der Waals surface area contributed by atoms with Crippen LogP contribution in [0.3, 0.4) is 0 Å². The first-order valence-electron chi connectivity index (χ1n) is 21.8. The van der Waals surface area contributed by atoms with Gasteiger partial charge in [-0.05, 0) is 134 Å². The Labute approximate surface area is 326 Å². The van der Waals surface area contributed by atoms with E-state index in [0.717, 1.165) is 32.2 Å². The number of esters is 1. The maximum atomic E-state index is 14.4. The molecule has 6 aliphatic carbocycles. The minimum Gasteiger partial charge on any atom is -0.481 e. The van der Waals surface area contributed by atoms with E-state index in [0.29, 0.717) is 55.0 Å². The van der Waals surface area contributed by atoms with Crippen molar-refractivity contribution >= 4 is 21.8 Å². The Balaban J connectivity index is 1.08. The second-order valence-corrected chi connectivity index (χ2v) is 24.2. The van der Waals surface area contributed by atoms with Gasteiger partial charge in [0.2, 0.25) is 0 Å². The van der Waals surface area contributed by atoms with Crippen molar-refractivity contribution < 1.29 is 32.2 Å². The van der Waals surface area contributed by atoms with Crippen molar-refractivity contribution in [2.24, 2.45) is 74.4 Å². The summed E-state index contributed by atoms with van der Waals surface area (Å²) in [4.78, 5) is 27.4. The van der Waals surface area contributed by atoms with E-state index in [1.54, 1.807) is 0 Å². The summed E-state index contributed by atoms with van der Waals surface area (Å²) in [7, 11) is -3.00. The summed E-state index contributed by atoms with van der Waals surface area (Å²) in [5.41, 5.74) is -0.110. The second-order valence-electron chi connectivity index (χ2n) is 21.9. The summed E-state index contributed by atoms with van der Waals surface area (Å²) in [5.74, 6) is 1.35. The monoisotopic (exact) mass is 777 g/mol. The maximum absolute atomic E-state index is 14.4. The molecule has 308 valence electrons. The number of nitrogens with zero attached hydrogens (tertiary/aromatic N) is 1. The third-order valence-electron chi connectivity index (χ3n) is 18.9. The molecule has 0 radical (unpaired) electrons. The van der Waals surface area contributed by atoms with E-state index in [1.807, 2.05) is 13.8 Å². The molecule has 54 heavy (non-hydrogen) atoms. The van der Waals surface area contributed by atoms with Gasteiger partial charge in [-0.3, -0.25) is 14.5 Å². The van der Waals surface area contributed by atoms with Crippen molar-refractivity contribution in [1.82, 2.24) is 10.2 Å². The average molecular weight is 777 g/mol. The molecular formula is C44H73FN2O6S. The first-order valence-corrected chi connectivity index (χ1v) is 23.6. The molecule has 8 nitrogen and oxygen atoms in total. The van der Waals surface area contributed by atoms with Crippen LogP contribution in [0.25, 0.3) is 0 Å². The van der Waals surface area contributed by atoms with Gasteiger partial charge in [-0.25, -0.2) is 12.8 Å². The van der Waals surface area contributed by atoms with Gasteiger partial charge < -0.3 is 15.2 Å². The normalized spacial score (nSPS) is 46.7. The molecule has 0 aromatic rings. The molecule has 7 fully saturated rings. The van der Waals surface area contributed by atoms with Gasteiger partial charge in [0.1, 0.15) is 12.8 Å². The standard InChI is InChI=1S/C44H73FN2O6S/c1-27(2)29-12-18-44(46-21-15-28(26-45)47-22-24-54(51,52)25-23-47)20-19-42(8)30(34(29)44)10-11-32-41(7)16-14-33(39(3,4)31(41)13-17-43(32,42)9)53-38(50)36-35(37(48)49)40(36,5)6/h27-36,46H,10-26H2,1-9H3,(H,48,49)/t28-,29+,30-,31+,32-,33+,34-,35+,36-,41+,42-,43-,44+/m1/s1. The number of hydrogen-bond donors (Lipinski definition) is 2. The highest BCUT2D eigenvalue weighted by molar-refractivity contribution is 7.91. The number of carboxylic acid groups (broad SMARTS) is 1. The van der Waals surface area contributed by atoms with Gasteiger partial charge in [0.15, 0.2) is 9.84 Å². The number of fused-ring (bicyclic) bond motifs is 7. The van der Waals surface area contributed by atoms with E-state index in [4.69, 9.17) is 4.74 Å². The van der Waals surface area contributed by atoms with Gasteiger partial charge in [-0.1, -0.05) is 62.3 Å². The number of hydrogen-bond acceptors (Lipinski definition) is 7. The number of alkyl halides is 1. The Hall–Kier alpha value is -1.26. The predicted molar refractivity (Wildman–Crippen MR) is 210 cm³/mol. The van der Waals surface area contributed by atoms with Crippen LogP contribution < -0.4 is 5.32 Å². The number of aliphatic carboxylic acids is 1. The summed E-state index contributed by atoms with van der Waals surface area (Å²) in [6.45, 7) is 22.4. The summed E-state index contributed by atoms with van der Waals surface area (Å²) in [6, 6.07) is -0.227. The van der Waals surface area contributed by atoms with Gasteiger partial charge in [0.05, 0.1) is 23.3 Å². The highest BCUT2D eigenvalue weighted by atomic mass is 32.2. The molecule has 2 N–H and O–H groups in total. The van der Waals surface area contributed by atoms with Crippen molar-refractivity contribution in [3.8, 4) is 0 Å². The fourth-order valence-corrected chi connectivity index (χ4v) is 16.8. The Morgan fingerprint density at radius 1 is 0.833 bits per heavy atom. The molecule has 13 atom stereocenters. The Kier molecular flexibility index (Phi) is 10.4. The van der Waals surface area contributed by atoms with Crippen LogP contribution in [-0.4, -0.2) is 85.9 Å². The minimum absolute atomic E-state index is 0.0786. The molecule has 0 spiro atoms. The molecule has 0 unspecified atom stereocenters. The molecule has 7 rings (SSSR count). The van der Waals surface area contributed by atoms with Crippen LogP contribution in [-0.2, 0) is 24.2 Å². The molecule has 10 heteroatoms. The average Bonchev–Trinajstić information content (AvgIpc) is 3.47. The molecule has 0 amide bonds. The highest BCUT2D eigenvalue weighted by Gasteiger charge is 2.72. The molecule has 1 aliphatic heterocycles. The van der Waals surface area contributed by atoms with Crippen molar-refractivity contribution in [2.75, 3.05) is 37.8 Å². The van der Waals surface area contributed by atoms with Gasteiger partial charge in [-0.15, -0.1) is 0 Å². The number of nitrogens with one attached hydrogen (secondary N) is 1. The number of carbonyl (C=O) groups excluding carboxylic acids is 1. The van der Waals surface area contributed by atoms with Crippen LogP contribution in [0.4, 0.5) is 4.39 Å². The lowest BCUT2D eigenvalue weighted by Crippen LogP contribution is -2.69. The second kappa shape index (κ2) is 13.7. The Morgan fingerprint density at radius 2 is 1.52 bits per heavy atom. The van der Waals surface area contributed by atoms with Crippen molar-refractivity contribution in [1.29, 1.82) is 0 Å². The fourth-order valence-electron chi connectivity index (χ4n) is 15.6.